The SMILES string of the molecule is CC(C(=O)Nc1cccc(N)c1)N1Cc2ccccc2C1. The fraction of sp³-hybridized carbons (Fsp3) is 0.235. The zero-order valence-corrected chi connectivity index (χ0v) is 12.0. The Morgan fingerprint density at radius 3 is 2.43 bits per heavy atom. The number of fused-ring (bicyclic) bond motifs is 1. The lowest BCUT2D eigenvalue weighted by Gasteiger charge is -2.23. The molecule has 1 aliphatic heterocycles. The maximum Gasteiger partial charge on any atom is 0.241 e. The lowest BCUT2D eigenvalue weighted by molar-refractivity contribution is -0.120. The van der Waals surface area contributed by atoms with E-state index in [9.17, 15) is 4.79 Å². The first-order valence-corrected chi connectivity index (χ1v) is 7.11. The van der Waals surface area contributed by atoms with E-state index in [0.717, 1.165) is 18.8 Å². The molecule has 0 aromatic heterocycles. The van der Waals surface area contributed by atoms with E-state index in [1.54, 1.807) is 12.1 Å². The molecule has 0 saturated heterocycles. The van der Waals surface area contributed by atoms with Gasteiger partial charge in [0, 0.05) is 24.5 Å². The Bertz CT molecular complexity index is 644. The van der Waals surface area contributed by atoms with Crippen LogP contribution in [0.3, 0.4) is 0 Å². The second-order valence-corrected chi connectivity index (χ2v) is 5.46. The van der Waals surface area contributed by atoms with Crippen LogP contribution in [0.5, 0.6) is 0 Å². The molecule has 0 spiro atoms. The molecule has 3 N–H and O–H groups in total. The van der Waals surface area contributed by atoms with E-state index in [4.69, 9.17) is 5.73 Å². The number of benzene rings is 2. The first-order valence-electron chi connectivity index (χ1n) is 7.11. The molecule has 0 fully saturated rings. The van der Waals surface area contributed by atoms with Crippen molar-refractivity contribution in [3.05, 3.63) is 59.7 Å². The minimum absolute atomic E-state index is 0.00611. The Labute approximate surface area is 124 Å². The van der Waals surface area contributed by atoms with E-state index in [1.807, 2.05) is 31.2 Å². The molecule has 3 rings (SSSR count). The van der Waals surface area contributed by atoms with Crippen molar-refractivity contribution in [2.45, 2.75) is 26.1 Å². The number of rotatable bonds is 3. The van der Waals surface area contributed by atoms with Crippen molar-refractivity contribution in [2.24, 2.45) is 0 Å². The summed E-state index contributed by atoms with van der Waals surface area (Å²) in [5, 5.41) is 2.93. The monoisotopic (exact) mass is 281 g/mol. The molecule has 2 aromatic carbocycles. The number of carbonyl (C=O) groups excluding carboxylic acids is 1. The Hall–Kier alpha value is -2.33. The molecule has 4 heteroatoms. The summed E-state index contributed by atoms with van der Waals surface area (Å²) < 4.78 is 0. The lowest BCUT2D eigenvalue weighted by atomic mass is 10.1. The molecule has 1 atom stereocenters. The van der Waals surface area contributed by atoms with Gasteiger partial charge in [0.25, 0.3) is 0 Å². The average Bonchev–Trinajstić information content (AvgIpc) is 2.90. The van der Waals surface area contributed by atoms with Gasteiger partial charge in [-0.25, -0.2) is 0 Å². The van der Waals surface area contributed by atoms with Crippen molar-refractivity contribution < 1.29 is 4.79 Å². The Morgan fingerprint density at radius 2 is 1.81 bits per heavy atom. The molecule has 2 aromatic rings. The van der Waals surface area contributed by atoms with Gasteiger partial charge in [-0.05, 0) is 36.2 Å². The van der Waals surface area contributed by atoms with Gasteiger partial charge in [0.05, 0.1) is 6.04 Å². The highest BCUT2D eigenvalue weighted by Crippen LogP contribution is 2.24. The van der Waals surface area contributed by atoms with Crippen LogP contribution < -0.4 is 11.1 Å². The predicted molar refractivity (Wildman–Crippen MR) is 84.6 cm³/mol. The molecule has 1 amide bonds. The molecule has 1 heterocycles. The molecule has 1 unspecified atom stereocenters. The average molecular weight is 281 g/mol. The third-order valence-corrected chi connectivity index (χ3v) is 3.95. The van der Waals surface area contributed by atoms with E-state index >= 15 is 0 Å². The van der Waals surface area contributed by atoms with Gasteiger partial charge in [-0.3, -0.25) is 9.69 Å². The largest absolute Gasteiger partial charge is 0.399 e. The highest BCUT2D eigenvalue weighted by molar-refractivity contribution is 5.94. The van der Waals surface area contributed by atoms with Crippen LogP contribution in [0.25, 0.3) is 0 Å². The highest BCUT2D eigenvalue weighted by Gasteiger charge is 2.27. The molecular formula is C17H19N3O. The first-order chi connectivity index (χ1) is 10.1. The maximum atomic E-state index is 12.4. The van der Waals surface area contributed by atoms with Crippen LogP contribution >= 0.6 is 0 Å². The molecule has 21 heavy (non-hydrogen) atoms. The molecule has 0 radical (unpaired) electrons. The van der Waals surface area contributed by atoms with Crippen molar-refractivity contribution in [2.75, 3.05) is 11.1 Å². The summed E-state index contributed by atoms with van der Waals surface area (Å²) in [5.41, 5.74) is 9.73. The number of hydrogen-bond acceptors (Lipinski definition) is 3. The van der Waals surface area contributed by atoms with E-state index in [-0.39, 0.29) is 11.9 Å². The fourth-order valence-electron chi connectivity index (χ4n) is 2.66. The number of nitrogen functional groups attached to an aromatic ring is 1. The zero-order chi connectivity index (χ0) is 14.8. The number of amides is 1. The van der Waals surface area contributed by atoms with Crippen LogP contribution in [0.15, 0.2) is 48.5 Å². The van der Waals surface area contributed by atoms with Gasteiger partial charge < -0.3 is 11.1 Å². The van der Waals surface area contributed by atoms with E-state index in [0.29, 0.717) is 5.69 Å². The lowest BCUT2D eigenvalue weighted by Crippen LogP contribution is -2.38. The smallest absolute Gasteiger partial charge is 0.241 e. The minimum Gasteiger partial charge on any atom is -0.399 e. The standard InChI is InChI=1S/C17H19N3O/c1-12(17(21)19-16-8-4-7-15(18)9-16)20-10-13-5-2-3-6-14(13)11-20/h2-9,12H,10-11,18H2,1H3,(H,19,21). The second-order valence-electron chi connectivity index (χ2n) is 5.46. The first kappa shape index (κ1) is 13.6. The number of carbonyl (C=O) groups is 1. The van der Waals surface area contributed by atoms with Crippen molar-refractivity contribution in [3.8, 4) is 0 Å². The Balaban J connectivity index is 1.66. The summed E-state index contributed by atoms with van der Waals surface area (Å²) in [5.74, 6) is -0.00611. The van der Waals surface area contributed by atoms with Gasteiger partial charge in [-0.15, -0.1) is 0 Å². The molecule has 0 bridgehead atoms. The Kier molecular flexibility index (Phi) is 3.62. The van der Waals surface area contributed by atoms with Crippen LogP contribution in [0.1, 0.15) is 18.1 Å². The second kappa shape index (κ2) is 5.58. The normalized spacial score (nSPS) is 15.5. The summed E-state index contributed by atoms with van der Waals surface area (Å²) >= 11 is 0. The third-order valence-electron chi connectivity index (χ3n) is 3.95. The summed E-state index contributed by atoms with van der Waals surface area (Å²) in [6.07, 6.45) is 0. The Morgan fingerprint density at radius 1 is 1.14 bits per heavy atom. The maximum absolute atomic E-state index is 12.4. The van der Waals surface area contributed by atoms with Gasteiger partial charge >= 0.3 is 0 Å². The zero-order valence-electron chi connectivity index (χ0n) is 12.0. The summed E-state index contributed by atoms with van der Waals surface area (Å²) in [6, 6.07) is 15.4. The number of nitrogens with two attached hydrogens (primary N) is 1. The van der Waals surface area contributed by atoms with Crippen LogP contribution in [-0.2, 0) is 17.9 Å². The van der Waals surface area contributed by atoms with E-state index in [1.165, 1.54) is 11.1 Å². The van der Waals surface area contributed by atoms with Gasteiger partial charge in [0.1, 0.15) is 0 Å². The molecule has 108 valence electrons. The third kappa shape index (κ3) is 2.90. The van der Waals surface area contributed by atoms with Crippen molar-refractivity contribution >= 4 is 17.3 Å². The summed E-state index contributed by atoms with van der Waals surface area (Å²) in [4.78, 5) is 14.5. The van der Waals surface area contributed by atoms with E-state index < -0.39 is 0 Å². The molecule has 0 saturated carbocycles. The van der Waals surface area contributed by atoms with E-state index in [2.05, 4.69) is 22.3 Å². The van der Waals surface area contributed by atoms with Crippen LogP contribution in [0.4, 0.5) is 11.4 Å². The number of anilines is 2. The summed E-state index contributed by atoms with van der Waals surface area (Å²) in [7, 11) is 0. The molecular weight excluding hydrogens is 262 g/mol. The molecule has 4 nitrogen and oxygen atoms in total. The quantitative estimate of drug-likeness (QED) is 0.850. The van der Waals surface area contributed by atoms with Crippen molar-refractivity contribution in [1.82, 2.24) is 4.90 Å². The molecule has 1 aliphatic rings. The number of nitrogens with zero attached hydrogens (tertiary/aromatic N) is 1. The highest BCUT2D eigenvalue weighted by atomic mass is 16.2. The number of hydrogen-bond donors (Lipinski definition) is 2. The molecule has 0 aliphatic carbocycles. The van der Waals surface area contributed by atoms with Crippen LogP contribution in [0, 0.1) is 0 Å². The minimum atomic E-state index is -0.182. The predicted octanol–water partition coefficient (Wildman–Crippen LogP) is 2.61. The fourth-order valence-corrected chi connectivity index (χ4v) is 2.66. The topological polar surface area (TPSA) is 58.4 Å². The van der Waals surface area contributed by atoms with Crippen LogP contribution in [0.2, 0.25) is 0 Å². The van der Waals surface area contributed by atoms with Gasteiger partial charge in [-0.1, -0.05) is 30.3 Å². The van der Waals surface area contributed by atoms with Gasteiger partial charge in [-0.2, -0.15) is 0 Å². The number of nitrogens with one attached hydrogen (secondary N) is 1. The summed E-state index contributed by atoms with van der Waals surface area (Å²) in [6.45, 7) is 3.58. The van der Waals surface area contributed by atoms with Gasteiger partial charge in [0.15, 0.2) is 0 Å². The van der Waals surface area contributed by atoms with Crippen LogP contribution in [-0.4, -0.2) is 16.8 Å². The van der Waals surface area contributed by atoms with Gasteiger partial charge in [0.2, 0.25) is 5.91 Å². The van der Waals surface area contributed by atoms with Crippen molar-refractivity contribution in [3.63, 3.8) is 0 Å². The van der Waals surface area contributed by atoms with Crippen molar-refractivity contribution in [1.29, 1.82) is 0 Å².